The van der Waals surface area contributed by atoms with Crippen molar-refractivity contribution in [3.8, 4) is 0 Å². The van der Waals surface area contributed by atoms with Crippen LogP contribution in [-0.2, 0) is 6.42 Å². The maximum atomic E-state index is 2.36. The van der Waals surface area contributed by atoms with Crippen LogP contribution in [0.5, 0.6) is 0 Å². The van der Waals surface area contributed by atoms with Gasteiger partial charge in [0.05, 0.1) is 0 Å². The Labute approximate surface area is 101 Å². The second-order valence-electron chi connectivity index (χ2n) is 5.51. The van der Waals surface area contributed by atoms with Gasteiger partial charge in [0, 0.05) is 0 Å². The van der Waals surface area contributed by atoms with Crippen LogP contribution in [-0.4, -0.2) is 0 Å². The third-order valence-corrected chi connectivity index (χ3v) is 3.41. The Morgan fingerprint density at radius 1 is 1.06 bits per heavy atom. The molecule has 1 unspecified atom stereocenters. The van der Waals surface area contributed by atoms with Gasteiger partial charge in [-0.2, -0.15) is 0 Å². The molecule has 0 fully saturated rings. The number of benzene rings is 1. The number of hydrogen-bond acceptors (Lipinski definition) is 0. The van der Waals surface area contributed by atoms with Gasteiger partial charge >= 0.3 is 0 Å². The van der Waals surface area contributed by atoms with Crippen molar-refractivity contribution in [1.29, 1.82) is 0 Å². The first-order valence-electron chi connectivity index (χ1n) is 6.67. The van der Waals surface area contributed by atoms with Crippen molar-refractivity contribution < 1.29 is 0 Å². The summed E-state index contributed by atoms with van der Waals surface area (Å²) in [5, 5.41) is 0. The molecule has 0 amide bonds. The van der Waals surface area contributed by atoms with Crippen LogP contribution in [0.3, 0.4) is 0 Å². The van der Waals surface area contributed by atoms with Crippen LogP contribution in [0.1, 0.15) is 64.5 Å². The highest BCUT2D eigenvalue weighted by Crippen LogP contribution is 2.43. The lowest BCUT2D eigenvalue weighted by molar-refractivity contribution is 0.289. The predicted octanol–water partition coefficient (Wildman–Crippen LogP) is 5.18. The summed E-state index contributed by atoms with van der Waals surface area (Å²) in [6.45, 7) is 11.1. The van der Waals surface area contributed by atoms with Crippen LogP contribution in [0.15, 0.2) is 24.3 Å². The van der Waals surface area contributed by atoms with Gasteiger partial charge in [0.2, 0.25) is 0 Å². The van der Waals surface area contributed by atoms with E-state index in [-0.39, 0.29) is 0 Å². The minimum Gasteiger partial charge on any atom is -0.0683 e. The van der Waals surface area contributed by atoms with Crippen molar-refractivity contribution in [3.63, 3.8) is 0 Å². The molecular weight excluding hydrogens is 192 g/mol. The molecule has 16 heavy (non-hydrogen) atoms. The van der Waals surface area contributed by atoms with Gasteiger partial charge in [-0.1, -0.05) is 58.9 Å². The molecule has 90 valence electrons. The van der Waals surface area contributed by atoms with E-state index in [0.717, 1.165) is 5.92 Å². The fourth-order valence-electron chi connectivity index (χ4n) is 2.65. The number of rotatable bonds is 0. The maximum Gasteiger partial charge on any atom is -0.0110 e. The molecule has 0 heteroatoms. The average Bonchev–Trinajstić information content (AvgIpc) is 2.30. The van der Waals surface area contributed by atoms with Gasteiger partial charge in [-0.15, -0.1) is 0 Å². The molecule has 1 aliphatic carbocycles. The summed E-state index contributed by atoms with van der Waals surface area (Å²) in [5.74, 6) is 0.757. The molecule has 1 aromatic carbocycles. The van der Waals surface area contributed by atoms with Crippen molar-refractivity contribution in [2.45, 2.75) is 59.8 Å². The highest BCUT2D eigenvalue weighted by Gasteiger charge is 2.29. The number of hydrogen-bond donors (Lipinski definition) is 0. The first-order valence-corrected chi connectivity index (χ1v) is 6.67. The van der Waals surface area contributed by atoms with Gasteiger partial charge in [0.25, 0.3) is 0 Å². The van der Waals surface area contributed by atoms with Gasteiger partial charge in [0.1, 0.15) is 0 Å². The smallest absolute Gasteiger partial charge is 0.0110 e. The Hall–Kier alpha value is -0.780. The van der Waals surface area contributed by atoms with Gasteiger partial charge in [-0.3, -0.25) is 0 Å². The van der Waals surface area contributed by atoms with Crippen LogP contribution in [0.2, 0.25) is 0 Å². The van der Waals surface area contributed by atoms with E-state index in [0.29, 0.717) is 5.41 Å². The Morgan fingerprint density at radius 2 is 1.69 bits per heavy atom. The Kier molecular flexibility index (Phi) is 4.58. The molecular formula is C16H26. The van der Waals surface area contributed by atoms with Crippen LogP contribution in [0, 0.1) is 5.41 Å². The molecule has 0 saturated carbocycles. The molecule has 1 aromatic rings. The minimum atomic E-state index is 0.413. The van der Waals surface area contributed by atoms with Crippen LogP contribution < -0.4 is 0 Å². The summed E-state index contributed by atoms with van der Waals surface area (Å²) in [6.07, 6.45) is 4.00. The van der Waals surface area contributed by atoms with Crippen molar-refractivity contribution in [3.05, 3.63) is 35.4 Å². The van der Waals surface area contributed by atoms with E-state index in [1.165, 1.54) is 19.3 Å². The molecule has 0 heterocycles. The van der Waals surface area contributed by atoms with E-state index in [9.17, 15) is 0 Å². The predicted molar refractivity (Wildman–Crippen MR) is 72.9 cm³/mol. The maximum absolute atomic E-state index is 2.36. The molecule has 1 aliphatic rings. The molecule has 1 atom stereocenters. The zero-order valence-corrected chi connectivity index (χ0v) is 11.5. The second kappa shape index (κ2) is 5.52. The summed E-state index contributed by atoms with van der Waals surface area (Å²) < 4.78 is 0. The molecule has 0 aliphatic heterocycles. The highest BCUT2D eigenvalue weighted by molar-refractivity contribution is 5.33. The fraction of sp³-hybridized carbons (Fsp3) is 0.625. The fourth-order valence-corrected chi connectivity index (χ4v) is 2.65. The first kappa shape index (κ1) is 13.3. The van der Waals surface area contributed by atoms with E-state index in [1.807, 2.05) is 13.8 Å². The minimum absolute atomic E-state index is 0.413. The Bertz CT molecular complexity index is 317. The third kappa shape index (κ3) is 2.87. The molecule has 0 bridgehead atoms. The third-order valence-electron chi connectivity index (χ3n) is 3.41. The van der Waals surface area contributed by atoms with Crippen molar-refractivity contribution in [2.24, 2.45) is 5.41 Å². The summed E-state index contributed by atoms with van der Waals surface area (Å²) in [5.41, 5.74) is 3.60. The monoisotopic (exact) mass is 218 g/mol. The summed E-state index contributed by atoms with van der Waals surface area (Å²) in [7, 11) is 0. The zero-order chi connectivity index (χ0) is 12.2. The van der Waals surface area contributed by atoms with Crippen LogP contribution in [0.4, 0.5) is 0 Å². The Balaban J connectivity index is 0.000000606. The molecule has 0 radical (unpaired) electrons. The SMILES string of the molecule is CC.CC(C)(C)C1CCCc2ccccc21. The molecule has 0 nitrogen and oxygen atoms in total. The quantitative estimate of drug-likeness (QED) is 0.563. The zero-order valence-electron chi connectivity index (χ0n) is 11.5. The van der Waals surface area contributed by atoms with E-state index < -0.39 is 0 Å². The lowest BCUT2D eigenvalue weighted by Gasteiger charge is -2.35. The van der Waals surface area contributed by atoms with E-state index in [4.69, 9.17) is 0 Å². The standard InChI is InChI=1S/C14H20.C2H6/c1-14(2,3)13-10-6-8-11-7-4-5-9-12(11)13;1-2/h4-5,7,9,13H,6,8,10H2,1-3H3;1-2H3. The average molecular weight is 218 g/mol. The molecule has 0 saturated heterocycles. The topological polar surface area (TPSA) is 0 Å². The molecule has 0 aromatic heterocycles. The van der Waals surface area contributed by atoms with E-state index >= 15 is 0 Å². The van der Waals surface area contributed by atoms with Gasteiger partial charge in [-0.25, -0.2) is 0 Å². The van der Waals surface area contributed by atoms with E-state index in [2.05, 4.69) is 45.0 Å². The normalized spacial score (nSPS) is 19.4. The van der Waals surface area contributed by atoms with Crippen LogP contribution in [0.25, 0.3) is 0 Å². The molecule has 2 rings (SSSR count). The number of aryl methyl sites for hydroxylation is 1. The highest BCUT2D eigenvalue weighted by atomic mass is 14.3. The summed E-state index contributed by atoms with van der Waals surface area (Å²) in [6, 6.07) is 8.98. The first-order chi connectivity index (χ1) is 7.59. The lowest BCUT2D eigenvalue weighted by Crippen LogP contribution is -2.22. The van der Waals surface area contributed by atoms with Gasteiger partial charge in [-0.05, 0) is 41.7 Å². The van der Waals surface area contributed by atoms with Crippen LogP contribution >= 0.6 is 0 Å². The van der Waals surface area contributed by atoms with Gasteiger partial charge in [0.15, 0.2) is 0 Å². The summed E-state index contributed by atoms with van der Waals surface area (Å²) >= 11 is 0. The second-order valence-corrected chi connectivity index (χ2v) is 5.51. The van der Waals surface area contributed by atoms with Crippen molar-refractivity contribution >= 4 is 0 Å². The lowest BCUT2D eigenvalue weighted by atomic mass is 9.69. The molecule has 0 spiro atoms. The van der Waals surface area contributed by atoms with Crippen molar-refractivity contribution in [2.75, 3.05) is 0 Å². The largest absolute Gasteiger partial charge is 0.0683 e. The number of fused-ring (bicyclic) bond motifs is 1. The summed E-state index contributed by atoms with van der Waals surface area (Å²) in [4.78, 5) is 0. The Morgan fingerprint density at radius 3 is 2.31 bits per heavy atom. The molecule has 0 N–H and O–H groups in total. The van der Waals surface area contributed by atoms with E-state index in [1.54, 1.807) is 11.1 Å². The van der Waals surface area contributed by atoms with Crippen molar-refractivity contribution in [1.82, 2.24) is 0 Å². The van der Waals surface area contributed by atoms with Gasteiger partial charge < -0.3 is 0 Å².